The van der Waals surface area contributed by atoms with Crippen LogP contribution in [0.2, 0.25) is 5.02 Å². The van der Waals surface area contributed by atoms with Crippen molar-refractivity contribution in [1.29, 1.82) is 0 Å². The molecule has 0 atom stereocenters. The van der Waals surface area contributed by atoms with Crippen molar-refractivity contribution < 1.29 is 14.0 Å². The second-order valence-corrected chi connectivity index (χ2v) is 3.03. The van der Waals surface area contributed by atoms with E-state index in [1.807, 2.05) is 0 Å². The molecule has 0 spiro atoms. The van der Waals surface area contributed by atoms with Gasteiger partial charge in [-0.2, -0.15) is 5.48 Å². The number of rotatable bonds is 4. The molecule has 0 amide bonds. The molecular formula is C9H11ClFNO2. The van der Waals surface area contributed by atoms with E-state index in [0.29, 0.717) is 12.1 Å². The Morgan fingerprint density at radius 1 is 1.43 bits per heavy atom. The number of hydrogen-bond acceptors (Lipinski definition) is 3. The van der Waals surface area contributed by atoms with Crippen molar-refractivity contribution in [3.05, 3.63) is 28.5 Å². The zero-order valence-electron chi connectivity index (χ0n) is 7.93. The lowest BCUT2D eigenvalue weighted by Crippen LogP contribution is -2.11. The summed E-state index contributed by atoms with van der Waals surface area (Å²) >= 11 is 5.78. The molecule has 3 nitrogen and oxygen atoms in total. The van der Waals surface area contributed by atoms with Gasteiger partial charge in [0.2, 0.25) is 0 Å². The molecule has 0 heterocycles. The Morgan fingerprint density at radius 3 is 2.64 bits per heavy atom. The quantitative estimate of drug-likeness (QED) is 0.787. The highest BCUT2D eigenvalue weighted by atomic mass is 35.5. The molecule has 1 N–H and O–H groups in total. The SMILES string of the molecule is CONCc1cc(F)c(OC)c(Cl)c1. The Morgan fingerprint density at radius 2 is 2.14 bits per heavy atom. The molecule has 0 saturated carbocycles. The predicted molar refractivity (Wildman–Crippen MR) is 51.8 cm³/mol. The van der Waals surface area contributed by atoms with Crippen LogP contribution in [0, 0.1) is 5.82 Å². The highest BCUT2D eigenvalue weighted by Gasteiger charge is 2.09. The summed E-state index contributed by atoms with van der Waals surface area (Å²) in [5, 5.41) is 0.250. The normalized spacial score (nSPS) is 10.3. The molecular weight excluding hydrogens is 209 g/mol. The molecule has 78 valence electrons. The van der Waals surface area contributed by atoms with Gasteiger partial charge < -0.3 is 9.57 Å². The van der Waals surface area contributed by atoms with Crippen LogP contribution in [0.15, 0.2) is 12.1 Å². The van der Waals surface area contributed by atoms with Gasteiger partial charge in [0, 0.05) is 6.54 Å². The summed E-state index contributed by atoms with van der Waals surface area (Å²) in [6, 6.07) is 2.96. The Labute approximate surface area is 86.7 Å². The minimum Gasteiger partial charge on any atom is -0.492 e. The van der Waals surface area contributed by atoms with Gasteiger partial charge in [0.25, 0.3) is 0 Å². The first-order chi connectivity index (χ1) is 6.69. The Balaban J connectivity index is 2.90. The van der Waals surface area contributed by atoms with E-state index in [0.717, 1.165) is 0 Å². The summed E-state index contributed by atoms with van der Waals surface area (Å²) in [6.07, 6.45) is 0. The fourth-order valence-electron chi connectivity index (χ4n) is 1.06. The number of hydrogen-bond donors (Lipinski definition) is 1. The van der Waals surface area contributed by atoms with Crippen molar-refractivity contribution in [2.45, 2.75) is 6.54 Å². The Kier molecular flexibility index (Phi) is 4.13. The van der Waals surface area contributed by atoms with Gasteiger partial charge in [0.05, 0.1) is 19.2 Å². The molecule has 1 aromatic rings. The lowest BCUT2D eigenvalue weighted by Gasteiger charge is -2.07. The first-order valence-electron chi connectivity index (χ1n) is 3.96. The van der Waals surface area contributed by atoms with Crippen LogP contribution in [0.1, 0.15) is 5.56 Å². The summed E-state index contributed by atoms with van der Waals surface area (Å²) in [6.45, 7) is 0.386. The van der Waals surface area contributed by atoms with E-state index in [-0.39, 0.29) is 10.8 Å². The molecule has 5 heteroatoms. The molecule has 0 bridgehead atoms. The van der Waals surface area contributed by atoms with Crippen LogP contribution >= 0.6 is 11.6 Å². The van der Waals surface area contributed by atoms with Crippen LogP contribution in [0.3, 0.4) is 0 Å². The van der Waals surface area contributed by atoms with Crippen LogP contribution < -0.4 is 10.2 Å². The summed E-state index contributed by atoms with van der Waals surface area (Å²) in [7, 11) is 2.86. The van der Waals surface area contributed by atoms with Crippen LogP contribution in [0.5, 0.6) is 5.75 Å². The highest BCUT2D eigenvalue weighted by molar-refractivity contribution is 6.32. The minimum absolute atomic E-state index is 0.0628. The standard InChI is InChI=1S/C9H11ClFNO2/c1-13-9-7(10)3-6(4-8(9)11)5-12-14-2/h3-4,12H,5H2,1-2H3. The third-order valence-electron chi connectivity index (χ3n) is 1.68. The largest absolute Gasteiger partial charge is 0.492 e. The van der Waals surface area contributed by atoms with Crippen molar-refractivity contribution in [3.63, 3.8) is 0 Å². The smallest absolute Gasteiger partial charge is 0.173 e. The fraction of sp³-hybridized carbons (Fsp3) is 0.333. The third-order valence-corrected chi connectivity index (χ3v) is 1.96. The molecule has 0 aliphatic carbocycles. The highest BCUT2D eigenvalue weighted by Crippen LogP contribution is 2.28. The number of halogens is 2. The van der Waals surface area contributed by atoms with Crippen LogP contribution in [-0.4, -0.2) is 14.2 Å². The average molecular weight is 220 g/mol. The Hall–Kier alpha value is -0.840. The molecule has 0 saturated heterocycles. The lowest BCUT2D eigenvalue weighted by molar-refractivity contribution is 0.0866. The zero-order chi connectivity index (χ0) is 10.6. The van der Waals surface area contributed by atoms with E-state index in [1.165, 1.54) is 20.3 Å². The summed E-state index contributed by atoms with van der Waals surface area (Å²) < 4.78 is 18.0. The molecule has 0 unspecified atom stereocenters. The Bertz CT molecular complexity index is 297. The maximum absolute atomic E-state index is 13.3. The van der Waals surface area contributed by atoms with Gasteiger partial charge in [0.15, 0.2) is 11.6 Å². The molecule has 1 rings (SSSR count). The second kappa shape index (κ2) is 5.14. The third kappa shape index (κ3) is 2.57. The molecule has 14 heavy (non-hydrogen) atoms. The first kappa shape index (κ1) is 11.2. The van der Waals surface area contributed by atoms with E-state index in [2.05, 4.69) is 10.3 Å². The fourth-order valence-corrected chi connectivity index (χ4v) is 1.37. The van der Waals surface area contributed by atoms with Crippen molar-refractivity contribution >= 4 is 11.6 Å². The minimum atomic E-state index is -0.479. The molecule has 0 aliphatic rings. The van der Waals surface area contributed by atoms with Gasteiger partial charge in [-0.25, -0.2) is 4.39 Å². The first-order valence-corrected chi connectivity index (χ1v) is 4.34. The van der Waals surface area contributed by atoms with E-state index >= 15 is 0 Å². The maximum Gasteiger partial charge on any atom is 0.173 e. The molecule has 0 fully saturated rings. The lowest BCUT2D eigenvalue weighted by atomic mass is 10.2. The van der Waals surface area contributed by atoms with Gasteiger partial charge in [-0.05, 0) is 17.7 Å². The van der Waals surface area contributed by atoms with Gasteiger partial charge in [-0.3, -0.25) is 0 Å². The van der Waals surface area contributed by atoms with E-state index in [9.17, 15) is 4.39 Å². The van der Waals surface area contributed by atoms with E-state index in [4.69, 9.17) is 16.3 Å². The molecule has 1 aromatic carbocycles. The summed E-state index contributed by atoms with van der Waals surface area (Å²) in [5.74, 6) is -0.416. The number of benzene rings is 1. The number of methoxy groups -OCH3 is 1. The van der Waals surface area contributed by atoms with Crippen molar-refractivity contribution in [2.24, 2.45) is 0 Å². The van der Waals surface area contributed by atoms with Crippen LogP contribution in [-0.2, 0) is 11.4 Å². The molecule has 0 aromatic heterocycles. The number of nitrogens with one attached hydrogen (secondary N) is 1. The predicted octanol–water partition coefficient (Wildman–Crippen LogP) is 2.14. The number of ether oxygens (including phenoxy) is 1. The monoisotopic (exact) mass is 219 g/mol. The van der Waals surface area contributed by atoms with Gasteiger partial charge in [-0.1, -0.05) is 11.6 Å². The second-order valence-electron chi connectivity index (χ2n) is 2.62. The average Bonchev–Trinajstić information content (AvgIpc) is 2.14. The van der Waals surface area contributed by atoms with Gasteiger partial charge in [-0.15, -0.1) is 0 Å². The van der Waals surface area contributed by atoms with Crippen LogP contribution in [0.4, 0.5) is 4.39 Å². The molecule has 0 aliphatic heterocycles. The van der Waals surface area contributed by atoms with Crippen LogP contribution in [0.25, 0.3) is 0 Å². The van der Waals surface area contributed by atoms with Crippen molar-refractivity contribution in [2.75, 3.05) is 14.2 Å². The van der Waals surface area contributed by atoms with Crippen molar-refractivity contribution in [3.8, 4) is 5.75 Å². The summed E-state index contributed by atoms with van der Waals surface area (Å²) in [4.78, 5) is 4.64. The molecule has 0 radical (unpaired) electrons. The van der Waals surface area contributed by atoms with Crippen molar-refractivity contribution in [1.82, 2.24) is 5.48 Å². The summed E-state index contributed by atoms with van der Waals surface area (Å²) in [5.41, 5.74) is 3.28. The van der Waals surface area contributed by atoms with Gasteiger partial charge >= 0.3 is 0 Å². The van der Waals surface area contributed by atoms with E-state index < -0.39 is 5.82 Å². The number of hydroxylamine groups is 1. The topological polar surface area (TPSA) is 30.5 Å². The van der Waals surface area contributed by atoms with Gasteiger partial charge in [0.1, 0.15) is 0 Å². The zero-order valence-corrected chi connectivity index (χ0v) is 8.69. The maximum atomic E-state index is 13.3. The van der Waals surface area contributed by atoms with E-state index in [1.54, 1.807) is 6.07 Å².